The van der Waals surface area contributed by atoms with Crippen molar-refractivity contribution >= 4 is 38.9 Å². The summed E-state index contributed by atoms with van der Waals surface area (Å²) in [5.74, 6) is 0.460. The highest BCUT2D eigenvalue weighted by Gasteiger charge is 2.32. The highest BCUT2D eigenvalue weighted by Crippen LogP contribution is 2.41. The Kier molecular flexibility index (Phi) is 3.53. The molecule has 0 spiro atoms. The molecular formula is C10H12BrClOS. The molecule has 1 aromatic rings. The van der Waals surface area contributed by atoms with Crippen molar-refractivity contribution in [3.8, 4) is 0 Å². The zero-order valence-corrected chi connectivity index (χ0v) is 11.0. The second-order valence-corrected chi connectivity index (χ2v) is 6.54. The molecule has 2 heterocycles. The van der Waals surface area contributed by atoms with E-state index in [-0.39, 0.29) is 5.38 Å². The van der Waals surface area contributed by atoms with Gasteiger partial charge in [0.2, 0.25) is 0 Å². The van der Waals surface area contributed by atoms with Gasteiger partial charge in [0.1, 0.15) is 0 Å². The minimum Gasteiger partial charge on any atom is -0.378 e. The topological polar surface area (TPSA) is 9.23 Å². The van der Waals surface area contributed by atoms with Crippen molar-refractivity contribution in [3.63, 3.8) is 0 Å². The normalized spacial score (nSPS) is 29.4. The number of hydrogen-bond acceptors (Lipinski definition) is 2. The lowest BCUT2D eigenvalue weighted by Gasteiger charge is -2.18. The fourth-order valence-electron chi connectivity index (χ4n) is 1.82. The molecule has 1 aliphatic rings. The molecule has 0 radical (unpaired) electrons. The lowest BCUT2D eigenvalue weighted by molar-refractivity contribution is 0.105. The molecule has 0 aliphatic carbocycles. The van der Waals surface area contributed by atoms with E-state index in [1.807, 2.05) is 0 Å². The Balaban J connectivity index is 2.11. The van der Waals surface area contributed by atoms with Crippen molar-refractivity contribution in [2.75, 3.05) is 6.61 Å². The summed E-state index contributed by atoms with van der Waals surface area (Å²) in [5, 5.41) is 0.101. The summed E-state index contributed by atoms with van der Waals surface area (Å²) in [4.78, 5) is 1.24. The maximum Gasteiger partial charge on any atom is 0.0732 e. The van der Waals surface area contributed by atoms with Crippen molar-refractivity contribution in [2.24, 2.45) is 5.92 Å². The molecule has 4 heteroatoms. The standard InChI is InChI=1S/C10H12BrClOS/c1-6-7(4-5-13-6)10(12)8-2-3-9(11)14-8/h2-3,6-7,10H,4-5H2,1H3. The van der Waals surface area contributed by atoms with E-state index in [0.717, 1.165) is 16.8 Å². The van der Waals surface area contributed by atoms with Crippen LogP contribution in [0.4, 0.5) is 0 Å². The second kappa shape index (κ2) is 4.52. The van der Waals surface area contributed by atoms with Crippen LogP contribution in [-0.4, -0.2) is 12.7 Å². The number of ether oxygens (including phenoxy) is 1. The number of rotatable bonds is 2. The molecule has 0 amide bonds. The minimum atomic E-state index is 0.101. The molecule has 78 valence electrons. The van der Waals surface area contributed by atoms with Gasteiger partial charge in [-0.1, -0.05) is 0 Å². The lowest BCUT2D eigenvalue weighted by atomic mass is 9.97. The van der Waals surface area contributed by atoms with Gasteiger partial charge in [-0.05, 0) is 41.4 Å². The van der Waals surface area contributed by atoms with Gasteiger partial charge in [0.15, 0.2) is 0 Å². The third-order valence-corrected chi connectivity index (χ3v) is 5.07. The first-order valence-corrected chi connectivity index (χ1v) is 6.74. The first-order chi connectivity index (χ1) is 6.68. The van der Waals surface area contributed by atoms with Crippen molar-refractivity contribution in [1.29, 1.82) is 0 Å². The molecule has 1 nitrogen and oxygen atoms in total. The average Bonchev–Trinajstić information content (AvgIpc) is 2.73. The molecule has 0 N–H and O–H groups in total. The van der Waals surface area contributed by atoms with E-state index >= 15 is 0 Å². The maximum absolute atomic E-state index is 6.43. The van der Waals surface area contributed by atoms with E-state index in [0.29, 0.717) is 12.0 Å². The molecule has 14 heavy (non-hydrogen) atoms. The minimum absolute atomic E-state index is 0.101. The molecule has 2 rings (SSSR count). The SMILES string of the molecule is CC1OCCC1C(Cl)c1ccc(Br)s1. The Hall–Kier alpha value is 0.430. The van der Waals surface area contributed by atoms with Gasteiger partial charge in [-0.2, -0.15) is 0 Å². The van der Waals surface area contributed by atoms with Crippen LogP contribution in [0.3, 0.4) is 0 Å². The summed E-state index contributed by atoms with van der Waals surface area (Å²) in [5.41, 5.74) is 0. The molecule has 1 aromatic heterocycles. The van der Waals surface area contributed by atoms with Crippen LogP contribution >= 0.6 is 38.9 Å². The van der Waals surface area contributed by atoms with Crippen LogP contribution < -0.4 is 0 Å². The summed E-state index contributed by atoms with van der Waals surface area (Å²) >= 11 is 11.6. The number of alkyl halides is 1. The van der Waals surface area contributed by atoms with E-state index in [2.05, 4.69) is 35.0 Å². The molecule has 3 unspecified atom stereocenters. The van der Waals surface area contributed by atoms with Crippen LogP contribution in [0.2, 0.25) is 0 Å². The first-order valence-electron chi connectivity index (χ1n) is 4.69. The van der Waals surface area contributed by atoms with Gasteiger partial charge in [-0.3, -0.25) is 0 Å². The van der Waals surface area contributed by atoms with Crippen molar-refractivity contribution in [1.82, 2.24) is 0 Å². The van der Waals surface area contributed by atoms with Crippen LogP contribution in [0.15, 0.2) is 15.9 Å². The maximum atomic E-state index is 6.43. The number of hydrogen-bond donors (Lipinski definition) is 0. The fourth-order valence-corrected chi connectivity index (χ4v) is 3.83. The number of thiophene rings is 1. The molecule has 1 fully saturated rings. The van der Waals surface area contributed by atoms with Gasteiger partial charge >= 0.3 is 0 Å². The Labute approximate surface area is 102 Å². The van der Waals surface area contributed by atoms with E-state index in [1.165, 1.54) is 4.88 Å². The van der Waals surface area contributed by atoms with E-state index < -0.39 is 0 Å². The van der Waals surface area contributed by atoms with Gasteiger partial charge < -0.3 is 4.74 Å². The quantitative estimate of drug-likeness (QED) is 0.743. The summed E-state index contributed by atoms with van der Waals surface area (Å²) < 4.78 is 6.67. The van der Waals surface area contributed by atoms with Gasteiger partial charge in [0.05, 0.1) is 15.3 Å². The van der Waals surface area contributed by atoms with Crippen LogP contribution in [0, 0.1) is 5.92 Å². The highest BCUT2D eigenvalue weighted by molar-refractivity contribution is 9.11. The Morgan fingerprint density at radius 2 is 2.43 bits per heavy atom. The summed E-state index contributed by atoms with van der Waals surface area (Å²) in [6.45, 7) is 2.96. The third-order valence-electron chi connectivity index (χ3n) is 2.68. The largest absolute Gasteiger partial charge is 0.378 e. The molecular weight excluding hydrogens is 284 g/mol. The van der Waals surface area contributed by atoms with Crippen molar-refractivity contribution in [2.45, 2.75) is 24.8 Å². The Morgan fingerprint density at radius 1 is 1.64 bits per heavy atom. The predicted molar refractivity (Wildman–Crippen MR) is 64.1 cm³/mol. The smallest absolute Gasteiger partial charge is 0.0732 e. The summed E-state index contributed by atoms with van der Waals surface area (Å²) in [6.07, 6.45) is 1.36. The van der Waals surface area contributed by atoms with Crippen LogP contribution in [0.25, 0.3) is 0 Å². The van der Waals surface area contributed by atoms with Crippen molar-refractivity contribution in [3.05, 3.63) is 20.8 Å². The van der Waals surface area contributed by atoms with Crippen LogP contribution in [-0.2, 0) is 4.74 Å². The van der Waals surface area contributed by atoms with E-state index in [4.69, 9.17) is 16.3 Å². The van der Waals surface area contributed by atoms with E-state index in [1.54, 1.807) is 11.3 Å². The second-order valence-electron chi connectivity index (χ2n) is 3.57. The van der Waals surface area contributed by atoms with Gasteiger partial charge in [-0.25, -0.2) is 0 Å². The Bertz CT molecular complexity index is 315. The van der Waals surface area contributed by atoms with Gasteiger partial charge in [0, 0.05) is 17.4 Å². The van der Waals surface area contributed by atoms with Crippen LogP contribution in [0.1, 0.15) is 23.6 Å². The molecule has 1 saturated heterocycles. The summed E-state index contributed by atoms with van der Waals surface area (Å²) in [6, 6.07) is 4.15. The molecule has 0 aromatic carbocycles. The number of halogens is 2. The Morgan fingerprint density at radius 3 is 2.93 bits per heavy atom. The van der Waals surface area contributed by atoms with E-state index in [9.17, 15) is 0 Å². The van der Waals surface area contributed by atoms with Crippen LogP contribution in [0.5, 0.6) is 0 Å². The summed E-state index contributed by atoms with van der Waals surface area (Å²) in [7, 11) is 0. The average molecular weight is 296 g/mol. The molecule has 0 saturated carbocycles. The molecule has 0 bridgehead atoms. The van der Waals surface area contributed by atoms with Crippen molar-refractivity contribution < 1.29 is 4.74 Å². The predicted octanol–water partition coefficient (Wildman–Crippen LogP) is 4.22. The third kappa shape index (κ3) is 2.16. The first kappa shape index (κ1) is 10.9. The monoisotopic (exact) mass is 294 g/mol. The lowest BCUT2D eigenvalue weighted by Crippen LogP contribution is -2.15. The molecule has 1 aliphatic heterocycles. The van der Waals surface area contributed by atoms with Gasteiger partial charge in [-0.15, -0.1) is 22.9 Å². The highest BCUT2D eigenvalue weighted by atomic mass is 79.9. The van der Waals surface area contributed by atoms with Gasteiger partial charge in [0.25, 0.3) is 0 Å². The fraction of sp³-hybridized carbons (Fsp3) is 0.600. The zero-order valence-electron chi connectivity index (χ0n) is 7.87. The molecule has 3 atom stereocenters. The zero-order chi connectivity index (χ0) is 10.1.